The molecule has 0 saturated heterocycles. The lowest BCUT2D eigenvalue weighted by Crippen LogP contribution is -2.36. The average molecular weight is 493 g/mol. The van der Waals surface area contributed by atoms with Gasteiger partial charge in [-0.15, -0.1) is 11.3 Å². The highest BCUT2D eigenvalue weighted by molar-refractivity contribution is 7.14. The molecule has 7 nitrogen and oxygen atoms in total. The van der Waals surface area contributed by atoms with E-state index >= 15 is 0 Å². The first-order chi connectivity index (χ1) is 17.1. The summed E-state index contributed by atoms with van der Waals surface area (Å²) in [6.07, 6.45) is 0.676. The quantitative estimate of drug-likeness (QED) is 0.260. The van der Waals surface area contributed by atoms with E-state index in [0.717, 1.165) is 16.3 Å². The third-order valence-electron chi connectivity index (χ3n) is 5.52. The first-order valence-electron chi connectivity index (χ1n) is 11.2. The number of carbonyl (C=O) groups excluding carboxylic acids is 1. The maximum absolute atomic E-state index is 13.2. The summed E-state index contributed by atoms with van der Waals surface area (Å²) in [6, 6.07) is 19.4. The lowest BCUT2D eigenvalue weighted by Gasteiger charge is -2.20. The molecule has 0 aliphatic heterocycles. The smallest absolute Gasteiger partial charge is 0.266 e. The molecule has 0 bridgehead atoms. The number of ether oxygens (including phenoxy) is 4. The number of carbonyl (C=O) groups is 1. The van der Waals surface area contributed by atoms with Gasteiger partial charge in [0.25, 0.3) is 5.91 Å². The second kappa shape index (κ2) is 11.7. The van der Waals surface area contributed by atoms with Crippen LogP contribution >= 0.6 is 11.3 Å². The molecule has 0 N–H and O–H groups in total. The maximum Gasteiger partial charge on any atom is 0.266 e. The maximum atomic E-state index is 13.2. The largest absolute Gasteiger partial charge is 0.497 e. The molecule has 8 heteroatoms. The molecule has 0 radical (unpaired) electrons. The zero-order valence-electron chi connectivity index (χ0n) is 20.0. The van der Waals surface area contributed by atoms with Crippen LogP contribution in [0.4, 0.5) is 5.13 Å². The first kappa shape index (κ1) is 24.5. The van der Waals surface area contributed by atoms with Crippen LogP contribution in [0.5, 0.6) is 17.2 Å². The highest BCUT2D eigenvalue weighted by Crippen LogP contribution is 2.36. The van der Waals surface area contributed by atoms with Gasteiger partial charge in [0.15, 0.2) is 11.7 Å². The van der Waals surface area contributed by atoms with Gasteiger partial charge in [-0.3, -0.25) is 9.69 Å². The van der Waals surface area contributed by atoms with Gasteiger partial charge in [0, 0.05) is 31.2 Å². The number of fused-ring (bicyclic) bond motifs is 1. The standard InChI is InChI=1S/C27H28N2O5S/c1-31-14-6-13-29(26(30)17-34-22-10-9-19-7-4-5-8-20(19)15-22)27-28-24(18-35-27)23-16-21(32-2)11-12-25(23)33-3/h4-5,7-12,15-16,18H,6,13-14,17H2,1-3H3. The third kappa shape index (κ3) is 5.90. The van der Waals surface area contributed by atoms with Gasteiger partial charge in [0.05, 0.1) is 19.9 Å². The molecule has 0 saturated carbocycles. The van der Waals surface area contributed by atoms with Crippen LogP contribution in [-0.4, -0.2) is 52.0 Å². The molecule has 3 aromatic carbocycles. The molecule has 1 aromatic heterocycles. The Balaban J connectivity index is 1.54. The van der Waals surface area contributed by atoms with Crippen molar-refractivity contribution >= 4 is 33.1 Å². The van der Waals surface area contributed by atoms with Gasteiger partial charge in [-0.2, -0.15) is 0 Å². The fourth-order valence-electron chi connectivity index (χ4n) is 3.70. The Morgan fingerprint density at radius 3 is 2.51 bits per heavy atom. The summed E-state index contributed by atoms with van der Waals surface area (Å²) in [6.45, 7) is 0.913. The summed E-state index contributed by atoms with van der Waals surface area (Å²) >= 11 is 1.40. The second-order valence-corrected chi connectivity index (χ2v) is 8.61. The van der Waals surface area contributed by atoms with Crippen molar-refractivity contribution in [1.82, 2.24) is 4.98 Å². The van der Waals surface area contributed by atoms with E-state index in [-0.39, 0.29) is 12.5 Å². The van der Waals surface area contributed by atoms with Crippen molar-refractivity contribution < 1.29 is 23.7 Å². The Morgan fingerprint density at radius 1 is 0.943 bits per heavy atom. The number of hydrogen-bond acceptors (Lipinski definition) is 7. The summed E-state index contributed by atoms with van der Waals surface area (Å²) in [7, 11) is 4.87. The number of rotatable bonds is 11. The highest BCUT2D eigenvalue weighted by atomic mass is 32.1. The van der Waals surface area contributed by atoms with Crippen LogP contribution in [-0.2, 0) is 9.53 Å². The van der Waals surface area contributed by atoms with E-state index in [0.29, 0.717) is 47.6 Å². The van der Waals surface area contributed by atoms with E-state index in [1.165, 1.54) is 11.3 Å². The van der Waals surface area contributed by atoms with Crippen LogP contribution in [0, 0.1) is 0 Å². The zero-order valence-corrected chi connectivity index (χ0v) is 20.8. The van der Waals surface area contributed by atoms with Crippen molar-refractivity contribution in [3.8, 4) is 28.5 Å². The molecule has 1 amide bonds. The Hall–Kier alpha value is -3.62. The Kier molecular flexibility index (Phi) is 8.18. The van der Waals surface area contributed by atoms with Gasteiger partial charge in [-0.25, -0.2) is 4.98 Å². The van der Waals surface area contributed by atoms with E-state index in [1.54, 1.807) is 26.2 Å². The predicted molar refractivity (Wildman–Crippen MR) is 139 cm³/mol. The van der Waals surface area contributed by atoms with Crippen molar-refractivity contribution in [2.75, 3.05) is 46.0 Å². The molecule has 4 rings (SSSR count). The summed E-state index contributed by atoms with van der Waals surface area (Å²) in [5.74, 6) is 1.86. The number of thiazole rings is 1. The summed E-state index contributed by atoms with van der Waals surface area (Å²) in [5.41, 5.74) is 1.51. The first-order valence-corrected chi connectivity index (χ1v) is 12.1. The minimum absolute atomic E-state index is 0.0945. The molecule has 0 spiro atoms. The van der Waals surface area contributed by atoms with Crippen molar-refractivity contribution in [3.05, 3.63) is 66.0 Å². The molecule has 1 heterocycles. The number of benzene rings is 3. The lowest BCUT2D eigenvalue weighted by atomic mass is 10.1. The van der Waals surface area contributed by atoms with Crippen LogP contribution in [0.3, 0.4) is 0 Å². The normalized spacial score (nSPS) is 10.8. The van der Waals surface area contributed by atoms with Gasteiger partial charge >= 0.3 is 0 Å². The molecule has 0 aliphatic carbocycles. The molecule has 182 valence electrons. The topological polar surface area (TPSA) is 70.1 Å². The highest BCUT2D eigenvalue weighted by Gasteiger charge is 2.21. The molecule has 0 fully saturated rings. The van der Waals surface area contributed by atoms with Crippen LogP contribution in [0.25, 0.3) is 22.0 Å². The molecular weight excluding hydrogens is 464 g/mol. The van der Waals surface area contributed by atoms with Crippen molar-refractivity contribution in [3.63, 3.8) is 0 Å². The fourth-order valence-corrected chi connectivity index (χ4v) is 4.57. The third-order valence-corrected chi connectivity index (χ3v) is 6.38. The summed E-state index contributed by atoms with van der Waals surface area (Å²) < 4.78 is 21.9. The van der Waals surface area contributed by atoms with Gasteiger partial charge in [0.2, 0.25) is 0 Å². The van der Waals surface area contributed by atoms with Gasteiger partial charge < -0.3 is 18.9 Å². The van der Waals surface area contributed by atoms with E-state index in [9.17, 15) is 4.79 Å². The summed E-state index contributed by atoms with van der Waals surface area (Å²) in [4.78, 5) is 19.6. The predicted octanol–water partition coefficient (Wildman–Crippen LogP) is 5.43. The molecule has 0 atom stereocenters. The number of amides is 1. The number of anilines is 1. The zero-order chi connectivity index (χ0) is 24.6. The minimum Gasteiger partial charge on any atom is -0.497 e. The monoisotopic (exact) mass is 492 g/mol. The van der Waals surface area contributed by atoms with Crippen LogP contribution < -0.4 is 19.1 Å². The minimum atomic E-state index is -0.173. The molecule has 0 aliphatic rings. The molecule has 0 unspecified atom stereocenters. The van der Waals surface area contributed by atoms with Crippen LogP contribution in [0.1, 0.15) is 6.42 Å². The number of aromatic nitrogens is 1. The average Bonchev–Trinajstić information content (AvgIpc) is 3.39. The van der Waals surface area contributed by atoms with Crippen molar-refractivity contribution in [1.29, 1.82) is 0 Å². The van der Waals surface area contributed by atoms with E-state index in [4.69, 9.17) is 23.9 Å². The fraction of sp³-hybridized carbons (Fsp3) is 0.259. The molecule has 4 aromatic rings. The van der Waals surface area contributed by atoms with Crippen molar-refractivity contribution in [2.24, 2.45) is 0 Å². The van der Waals surface area contributed by atoms with Crippen LogP contribution in [0.15, 0.2) is 66.0 Å². The van der Waals surface area contributed by atoms with E-state index in [2.05, 4.69) is 0 Å². The SMILES string of the molecule is COCCCN(C(=O)COc1ccc2ccccc2c1)c1nc(-c2cc(OC)ccc2OC)cs1. The molecule has 35 heavy (non-hydrogen) atoms. The lowest BCUT2D eigenvalue weighted by molar-refractivity contribution is -0.120. The van der Waals surface area contributed by atoms with Crippen molar-refractivity contribution in [2.45, 2.75) is 6.42 Å². The van der Waals surface area contributed by atoms with E-state index < -0.39 is 0 Å². The Morgan fingerprint density at radius 2 is 1.74 bits per heavy atom. The Labute approximate surface area is 208 Å². The van der Waals surface area contributed by atoms with Crippen LogP contribution in [0.2, 0.25) is 0 Å². The van der Waals surface area contributed by atoms with Gasteiger partial charge in [0.1, 0.15) is 17.2 Å². The number of methoxy groups -OCH3 is 3. The number of nitrogens with zero attached hydrogens (tertiary/aromatic N) is 2. The Bertz CT molecular complexity index is 1290. The number of hydrogen-bond donors (Lipinski definition) is 0. The second-order valence-electron chi connectivity index (χ2n) is 7.77. The van der Waals surface area contributed by atoms with Gasteiger partial charge in [-0.05, 0) is 47.5 Å². The molecular formula is C27H28N2O5S. The van der Waals surface area contributed by atoms with Gasteiger partial charge in [-0.1, -0.05) is 30.3 Å². The van der Waals surface area contributed by atoms with E-state index in [1.807, 2.05) is 66.0 Å². The summed E-state index contributed by atoms with van der Waals surface area (Å²) in [5, 5.41) is 4.68.